The van der Waals surface area contributed by atoms with Crippen molar-refractivity contribution in [2.24, 2.45) is 0 Å². The summed E-state index contributed by atoms with van der Waals surface area (Å²) < 4.78 is 17.0. The van der Waals surface area contributed by atoms with E-state index in [0.717, 1.165) is 33.3 Å². The van der Waals surface area contributed by atoms with E-state index in [4.69, 9.17) is 14.2 Å². The van der Waals surface area contributed by atoms with Crippen LogP contribution in [-0.4, -0.2) is 31.7 Å². The molecule has 1 heterocycles. The Bertz CT molecular complexity index is 1150. The zero-order valence-corrected chi connectivity index (χ0v) is 18.6. The minimum Gasteiger partial charge on any atom is -0.493 e. The van der Waals surface area contributed by atoms with Gasteiger partial charge >= 0.3 is 5.97 Å². The van der Waals surface area contributed by atoms with E-state index < -0.39 is 0 Å². The number of fused-ring (bicyclic) bond motifs is 2. The minimum atomic E-state index is -0.265. The molecule has 0 spiro atoms. The molecule has 0 unspecified atom stereocenters. The molecular weight excluding hydrogens is 406 g/mol. The van der Waals surface area contributed by atoms with Crippen molar-refractivity contribution in [2.45, 2.75) is 33.7 Å². The van der Waals surface area contributed by atoms with Gasteiger partial charge in [0.15, 0.2) is 0 Å². The third-order valence-electron chi connectivity index (χ3n) is 5.47. The standard InChI is InChI=1S/C26H27NO5/c1-4-30-22(28)15-17-11-13-18(14-12-17)27-16-21-23(26(27)29)25(32-6-3)20-10-8-7-9-19(20)24(21)31-5-2/h7-14H,4-6,15-16H2,1-3H3. The monoisotopic (exact) mass is 433 g/mol. The Balaban J connectivity index is 1.74. The average Bonchev–Trinajstić information content (AvgIpc) is 3.14. The van der Waals surface area contributed by atoms with E-state index in [-0.39, 0.29) is 18.3 Å². The molecule has 0 N–H and O–H groups in total. The number of carbonyl (C=O) groups excluding carboxylic acids is 2. The number of rotatable bonds is 8. The zero-order valence-electron chi connectivity index (χ0n) is 18.6. The third-order valence-corrected chi connectivity index (χ3v) is 5.47. The van der Waals surface area contributed by atoms with Crippen LogP contribution in [0.3, 0.4) is 0 Å². The fourth-order valence-electron chi connectivity index (χ4n) is 4.15. The highest BCUT2D eigenvalue weighted by molar-refractivity contribution is 6.16. The van der Waals surface area contributed by atoms with Crippen molar-refractivity contribution in [2.75, 3.05) is 24.7 Å². The molecule has 32 heavy (non-hydrogen) atoms. The van der Waals surface area contributed by atoms with Crippen LogP contribution in [0.15, 0.2) is 48.5 Å². The summed E-state index contributed by atoms with van der Waals surface area (Å²) in [6.07, 6.45) is 0.205. The number of carbonyl (C=O) groups is 2. The molecule has 166 valence electrons. The molecule has 0 bridgehead atoms. The first-order valence-electron chi connectivity index (χ1n) is 11.0. The zero-order chi connectivity index (χ0) is 22.7. The Hall–Kier alpha value is -3.54. The van der Waals surface area contributed by atoms with Gasteiger partial charge in [0.1, 0.15) is 11.5 Å². The summed E-state index contributed by atoms with van der Waals surface area (Å²) in [5.74, 6) is 0.955. The molecule has 4 rings (SSSR count). The summed E-state index contributed by atoms with van der Waals surface area (Å²) in [4.78, 5) is 27.0. The van der Waals surface area contributed by atoms with Crippen LogP contribution in [-0.2, 0) is 22.5 Å². The van der Waals surface area contributed by atoms with E-state index >= 15 is 0 Å². The fourth-order valence-corrected chi connectivity index (χ4v) is 4.15. The first-order valence-corrected chi connectivity index (χ1v) is 11.0. The molecule has 1 aliphatic rings. The molecule has 1 amide bonds. The number of amides is 1. The lowest BCUT2D eigenvalue weighted by Gasteiger charge is -2.16. The predicted octanol–water partition coefficient (Wildman–Crippen LogP) is 4.90. The van der Waals surface area contributed by atoms with Gasteiger partial charge in [-0.25, -0.2) is 0 Å². The van der Waals surface area contributed by atoms with Crippen molar-refractivity contribution in [3.8, 4) is 11.5 Å². The lowest BCUT2D eigenvalue weighted by molar-refractivity contribution is -0.142. The average molecular weight is 434 g/mol. The Labute approximate surface area is 187 Å². The van der Waals surface area contributed by atoms with Crippen molar-refractivity contribution >= 4 is 28.3 Å². The number of hydrogen-bond donors (Lipinski definition) is 0. The maximum atomic E-state index is 13.6. The fraction of sp³-hybridized carbons (Fsp3) is 0.308. The van der Waals surface area contributed by atoms with E-state index in [2.05, 4.69) is 0 Å². The number of nitrogens with zero attached hydrogens (tertiary/aromatic N) is 1. The van der Waals surface area contributed by atoms with Crippen LogP contribution in [0.4, 0.5) is 5.69 Å². The van der Waals surface area contributed by atoms with Gasteiger partial charge in [0.2, 0.25) is 0 Å². The quantitative estimate of drug-likeness (QED) is 0.473. The van der Waals surface area contributed by atoms with Crippen LogP contribution < -0.4 is 14.4 Å². The maximum Gasteiger partial charge on any atom is 0.310 e. The molecule has 0 fully saturated rings. The first kappa shape index (κ1) is 21.7. The summed E-state index contributed by atoms with van der Waals surface area (Å²) in [6, 6.07) is 15.3. The number of anilines is 1. The second-order valence-electron chi connectivity index (χ2n) is 7.46. The van der Waals surface area contributed by atoms with Crippen molar-refractivity contribution < 1.29 is 23.8 Å². The molecule has 0 aliphatic carbocycles. The Morgan fingerprint density at radius 3 is 2.12 bits per heavy atom. The van der Waals surface area contributed by atoms with Crippen LogP contribution in [0.2, 0.25) is 0 Å². The third kappa shape index (κ3) is 3.88. The van der Waals surface area contributed by atoms with E-state index in [0.29, 0.717) is 37.7 Å². The second-order valence-corrected chi connectivity index (χ2v) is 7.46. The molecule has 3 aromatic rings. The molecule has 0 radical (unpaired) electrons. The van der Waals surface area contributed by atoms with E-state index in [9.17, 15) is 9.59 Å². The van der Waals surface area contributed by atoms with Crippen LogP contribution in [0.25, 0.3) is 10.8 Å². The summed E-state index contributed by atoms with van der Waals surface area (Å²) in [6.45, 7) is 7.35. The topological polar surface area (TPSA) is 65.1 Å². The minimum absolute atomic E-state index is 0.117. The van der Waals surface area contributed by atoms with Crippen molar-refractivity contribution in [3.05, 3.63) is 65.2 Å². The summed E-state index contributed by atoms with van der Waals surface area (Å²) in [7, 11) is 0. The lowest BCUT2D eigenvalue weighted by atomic mass is 9.99. The molecule has 0 saturated heterocycles. The Kier molecular flexibility index (Phi) is 6.30. The second kappa shape index (κ2) is 9.30. The van der Waals surface area contributed by atoms with Crippen LogP contribution in [0, 0.1) is 0 Å². The van der Waals surface area contributed by atoms with Gasteiger partial charge in [-0.3, -0.25) is 9.59 Å². The molecular formula is C26H27NO5. The van der Waals surface area contributed by atoms with Crippen LogP contribution in [0.1, 0.15) is 42.3 Å². The molecule has 1 aliphatic heterocycles. The molecule has 6 nitrogen and oxygen atoms in total. The van der Waals surface area contributed by atoms with Gasteiger partial charge in [-0.2, -0.15) is 0 Å². The highest BCUT2D eigenvalue weighted by Gasteiger charge is 2.36. The van der Waals surface area contributed by atoms with Crippen molar-refractivity contribution in [3.63, 3.8) is 0 Å². The number of hydrogen-bond acceptors (Lipinski definition) is 5. The van der Waals surface area contributed by atoms with Gasteiger partial charge in [0.05, 0.1) is 38.3 Å². The van der Waals surface area contributed by atoms with Gasteiger partial charge in [0.25, 0.3) is 5.91 Å². The Morgan fingerprint density at radius 2 is 1.50 bits per heavy atom. The Morgan fingerprint density at radius 1 is 0.875 bits per heavy atom. The van der Waals surface area contributed by atoms with Crippen LogP contribution >= 0.6 is 0 Å². The van der Waals surface area contributed by atoms with E-state index in [1.165, 1.54) is 0 Å². The highest BCUT2D eigenvalue weighted by Crippen LogP contribution is 2.46. The van der Waals surface area contributed by atoms with Gasteiger partial charge < -0.3 is 19.1 Å². The molecule has 0 saturated carbocycles. The van der Waals surface area contributed by atoms with Gasteiger partial charge in [0, 0.05) is 22.0 Å². The smallest absolute Gasteiger partial charge is 0.310 e. The van der Waals surface area contributed by atoms with Gasteiger partial charge in [-0.05, 0) is 38.5 Å². The number of benzene rings is 3. The van der Waals surface area contributed by atoms with Crippen LogP contribution in [0.5, 0.6) is 11.5 Å². The maximum absolute atomic E-state index is 13.6. The van der Waals surface area contributed by atoms with Gasteiger partial charge in [-0.15, -0.1) is 0 Å². The number of esters is 1. The van der Waals surface area contributed by atoms with Gasteiger partial charge in [-0.1, -0.05) is 36.4 Å². The first-order chi connectivity index (χ1) is 15.6. The molecule has 0 atom stereocenters. The summed E-state index contributed by atoms with van der Waals surface area (Å²) >= 11 is 0. The predicted molar refractivity (Wildman–Crippen MR) is 124 cm³/mol. The van der Waals surface area contributed by atoms with Crippen molar-refractivity contribution in [1.82, 2.24) is 0 Å². The summed E-state index contributed by atoms with van der Waals surface area (Å²) in [5, 5.41) is 1.81. The van der Waals surface area contributed by atoms with E-state index in [1.807, 2.05) is 62.4 Å². The van der Waals surface area contributed by atoms with Crippen molar-refractivity contribution in [1.29, 1.82) is 0 Å². The molecule has 6 heteroatoms. The lowest BCUT2D eigenvalue weighted by Crippen LogP contribution is -2.23. The SMILES string of the molecule is CCOC(=O)Cc1ccc(N2Cc3c(c(OCC)c4ccccc4c3OCC)C2=O)cc1. The summed E-state index contributed by atoms with van der Waals surface area (Å²) in [5.41, 5.74) is 3.00. The highest BCUT2D eigenvalue weighted by atomic mass is 16.5. The van der Waals surface area contributed by atoms with E-state index in [1.54, 1.807) is 11.8 Å². The largest absolute Gasteiger partial charge is 0.493 e. The molecule has 0 aromatic heterocycles. The number of ether oxygens (including phenoxy) is 3. The normalized spacial score (nSPS) is 12.7. The molecule has 3 aromatic carbocycles.